The average molecular weight is 676 g/mol. The molecule has 4 rings (SSSR count). The average Bonchev–Trinajstić information content (AvgIpc) is 3.06. The van der Waals surface area contributed by atoms with Crippen LogP contribution in [0.25, 0.3) is 0 Å². The summed E-state index contributed by atoms with van der Waals surface area (Å²) in [6.45, 7) is 7.44. The van der Waals surface area contributed by atoms with Gasteiger partial charge in [0, 0.05) is 24.0 Å². The third kappa shape index (κ3) is 9.36. The minimum Gasteiger partial charge on any atom is -0.492 e. The molecule has 0 saturated heterocycles. The van der Waals surface area contributed by atoms with E-state index in [0.29, 0.717) is 17.2 Å². The molecule has 0 fully saturated rings. The number of carbonyl (C=O) groups excluding carboxylic acids is 2. The van der Waals surface area contributed by atoms with E-state index in [9.17, 15) is 18.0 Å². The number of nitrogens with one attached hydrogen (secondary N) is 1. The number of hydrogen-bond donors (Lipinski definition) is 1. The van der Waals surface area contributed by atoms with Crippen LogP contribution in [0.4, 0.5) is 5.69 Å². The monoisotopic (exact) mass is 675 g/mol. The molecule has 0 aliphatic rings. The summed E-state index contributed by atoms with van der Waals surface area (Å²) in [7, 11) is -4.30. The first kappa shape index (κ1) is 35.5. The minimum atomic E-state index is -4.30. The molecular weight excluding hydrogens is 634 g/mol. The number of ether oxygens (including phenoxy) is 1. The van der Waals surface area contributed by atoms with Crippen LogP contribution in [0.3, 0.4) is 0 Å². The number of halogens is 1. The van der Waals surface area contributed by atoms with E-state index in [2.05, 4.69) is 5.32 Å². The first-order valence-electron chi connectivity index (χ1n) is 15.7. The molecule has 0 heterocycles. The summed E-state index contributed by atoms with van der Waals surface area (Å²) in [5.74, 6) is -0.553. The van der Waals surface area contributed by atoms with Crippen LogP contribution in [0, 0.1) is 6.92 Å². The van der Waals surface area contributed by atoms with E-state index in [-0.39, 0.29) is 42.1 Å². The molecule has 0 aliphatic carbocycles. The van der Waals surface area contributed by atoms with Crippen LogP contribution in [0.2, 0.25) is 5.02 Å². The van der Waals surface area contributed by atoms with Crippen molar-refractivity contribution in [2.45, 2.75) is 64.1 Å². The Morgan fingerprint density at radius 2 is 1.53 bits per heavy atom. The number of hydrogen-bond acceptors (Lipinski definition) is 5. The van der Waals surface area contributed by atoms with Gasteiger partial charge in [-0.05, 0) is 74.7 Å². The summed E-state index contributed by atoms with van der Waals surface area (Å²) in [6, 6.07) is 28.6. The van der Waals surface area contributed by atoms with Crippen LogP contribution in [-0.4, -0.2) is 50.4 Å². The molecule has 0 saturated carbocycles. The molecule has 4 aromatic rings. The Hall–Kier alpha value is -4.34. The van der Waals surface area contributed by atoms with Crippen molar-refractivity contribution in [3.8, 4) is 5.75 Å². The van der Waals surface area contributed by atoms with Gasteiger partial charge in [0.25, 0.3) is 10.0 Å². The van der Waals surface area contributed by atoms with Crippen LogP contribution in [0.15, 0.2) is 108 Å². The minimum absolute atomic E-state index is 0.0402. The van der Waals surface area contributed by atoms with Crippen molar-refractivity contribution in [1.82, 2.24) is 10.2 Å². The van der Waals surface area contributed by atoms with Gasteiger partial charge in [0.15, 0.2) is 0 Å². The van der Waals surface area contributed by atoms with Crippen LogP contribution >= 0.6 is 11.6 Å². The van der Waals surface area contributed by atoms with E-state index in [4.69, 9.17) is 16.3 Å². The molecule has 8 nitrogen and oxygen atoms in total. The Balaban J connectivity index is 1.84. The van der Waals surface area contributed by atoms with Crippen LogP contribution in [0.5, 0.6) is 5.75 Å². The fourth-order valence-electron chi connectivity index (χ4n) is 5.19. The fraction of sp³-hybridized carbons (Fsp3) is 0.297. The van der Waals surface area contributed by atoms with Crippen LogP contribution in [0.1, 0.15) is 43.9 Å². The maximum Gasteiger partial charge on any atom is 0.264 e. The summed E-state index contributed by atoms with van der Waals surface area (Å²) in [5.41, 5.74) is 2.88. The second-order valence-electron chi connectivity index (χ2n) is 11.4. The first-order chi connectivity index (χ1) is 22.5. The highest BCUT2D eigenvalue weighted by Gasteiger charge is 2.35. The maximum atomic E-state index is 14.7. The zero-order chi connectivity index (χ0) is 34.0. The van der Waals surface area contributed by atoms with Gasteiger partial charge in [-0.25, -0.2) is 8.42 Å². The lowest BCUT2D eigenvalue weighted by Crippen LogP contribution is -2.54. The van der Waals surface area contributed by atoms with Gasteiger partial charge in [0.2, 0.25) is 11.8 Å². The van der Waals surface area contributed by atoms with E-state index in [1.54, 1.807) is 31.2 Å². The van der Waals surface area contributed by atoms with Crippen molar-refractivity contribution in [3.05, 3.63) is 125 Å². The third-order valence-electron chi connectivity index (χ3n) is 7.82. The number of carbonyl (C=O) groups is 2. The predicted octanol–water partition coefficient (Wildman–Crippen LogP) is 6.80. The smallest absolute Gasteiger partial charge is 0.264 e. The predicted molar refractivity (Wildman–Crippen MR) is 187 cm³/mol. The van der Waals surface area contributed by atoms with Gasteiger partial charge < -0.3 is 15.0 Å². The third-order valence-corrected chi connectivity index (χ3v) is 9.85. The summed E-state index contributed by atoms with van der Waals surface area (Å²) in [4.78, 5) is 30.1. The lowest BCUT2D eigenvalue weighted by Gasteiger charge is -2.34. The Labute approximate surface area is 283 Å². The maximum absolute atomic E-state index is 14.7. The highest BCUT2D eigenvalue weighted by Crippen LogP contribution is 2.33. The molecule has 0 spiro atoms. The summed E-state index contributed by atoms with van der Waals surface area (Å²) in [6.07, 6.45) is 0.942. The number of amides is 2. The summed E-state index contributed by atoms with van der Waals surface area (Å²) >= 11 is 6.09. The van der Waals surface area contributed by atoms with Crippen molar-refractivity contribution in [2.75, 3.05) is 17.5 Å². The number of rotatable bonds is 15. The zero-order valence-corrected chi connectivity index (χ0v) is 28.8. The molecule has 2 atom stereocenters. The Morgan fingerprint density at radius 1 is 0.872 bits per heavy atom. The number of para-hydroxylation sites is 2. The SMILES string of the molecule is CCOc1ccccc1N(CC(=O)N(Cc1cccc(C)c1)[C@H](Cc1ccccc1)C(=O)N[C@@H](C)CC)S(=O)(=O)c1ccc(Cl)cc1. The van der Waals surface area contributed by atoms with Crippen molar-refractivity contribution >= 4 is 39.1 Å². The topological polar surface area (TPSA) is 96.0 Å². The Kier molecular flexibility index (Phi) is 12.4. The molecule has 10 heteroatoms. The van der Waals surface area contributed by atoms with Crippen molar-refractivity contribution < 1.29 is 22.7 Å². The van der Waals surface area contributed by atoms with Gasteiger partial charge in [-0.1, -0.05) is 90.8 Å². The van der Waals surface area contributed by atoms with Gasteiger partial charge in [-0.15, -0.1) is 0 Å². The van der Waals surface area contributed by atoms with Gasteiger partial charge in [0.1, 0.15) is 18.3 Å². The molecule has 248 valence electrons. The lowest BCUT2D eigenvalue weighted by molar-refractivity contribution is -0.140. The molecule has 0 unspecified atom stereocenters. The van der Waals surface area contributed by atoms with Gasteiger partial charge in [0.05, 0.1) is 17.2 Å². The second kappa shape index (κ2) is 16.5. The van der Waals surface area contributed by atoms with Crippen molar-refractivity contribution in [2.24, 2.45) is 0 Å². The van der Waals surface area contributed by atoms with Gasteiger partial charge in [-0.3, -0.25) is 13.9 Å². The van der Waals surface area contributed by atoms with Gasteiger partial charge >= 0.3 is 0 Å². The fourth-order valence-corrected chi connectivity index (χ4v) is 6.74. The second-order valence-corrected chi connectivity index (χ2v) is 13.7. The molecule has 1 N–H and O–H groups in total. The number of sulfonamides is 1. The van der Waals surface area contributed by atoms with E-state index in [0.717, 1.165) is 21.0 Å². The van der Waals surface area contributed by atoms with E-state index >= 15 is 0 Å². The lowest BCUT2D eigenvalue weighted by atomic mass is 10.0. The highest BCUT2D eigenvalue weighted by atomic mass is 35.5. The standard InChI is InChI=1S/C37H42ClN3O5S/c1-5-28(4)39-37(43)34(24-29-14-8-7-9-15-29)40(25-30-16-12-13-27(3)23-30)36(42)26-41(33-17-10-11-18-35(33)46-6-2)47(44,45)32-21-19-31(38)20-22-32/h7-23,28,34H,5-6,24-26H2,1-4H3,(H,39,43)/t28-,34+/m0/s1. The molecular formula is C37H42ClN3O5S. The van der Waals surface area contributed by atoms with Gasteiger partial charge in [-0.2, -0.15) is 0 Å². The largest absolute Gasteiger partial charge is 0.492 e. The van der Waals surface area contributed by atoms with E-state index < -0.39 is 28.5 Å². The molecule has 4 aromatic carbocycles. The first-order valence-corrected chi connectivity index (χ1v) is 17.5. The number of anilines is 1. The summed E-state index contributed by atoms with van der Waals surface area (Å²) < 4.78 is 35.5. The normalized spacial score (nSPS) is 12.5. The highest BCUT2D eigenvalue weighted by molar-refractivity contribution is 7.92. The molecule has 2 amide bonds. The van der Waals surface area contributed by atoms with E-state index in [1.807, 2.05) is 75.4 Å². The Morgan fingerprint density at radius 3 is 2.19 bits per heavy atom. The number of benzene rings is 4. The summed E-state index contributed by atoms with van der Waals surface area (Å²) in [5, 5.41) is 3.43. The molecule has 0 aromatic heterocycles. The van der Waals surface area contributed by atoms with Crippen LogP contribution in [-0.2, 0) is 32.6 Å². The van der Waals surface area contributed by atoms with Crippen molar-refractivity contribution in [1.29, 1.82) is 0 Å². The van der Waals surface area contributed by atoms with E-state index in [1.165, 1.54) is 29.2 Å². The molecule has 0 bridgehead atoms. The van der Waals surface area contributed by atoms with Crippen molar-refractivity contribution in [3.63, 3.8) is 0 Å². The Bertz CT molecular complexity index is 1750. The number of nitrogens with zero attached hydrogens (tertiary/aromatic N) is 2. The zero-order valence-electron chi connectivity index (χ0n) is 27.2. The quantitative estimate of drug-likeness (QED) is 0.150. The van der Waals surface area contributed by atoms with Crippen LogP contribution < -0.4 is 14.4 Å². The number of aryl methyl sites for hydroxylation is 1. The molecule has 0 radical (unpaired) electrons. The molecule has 47 heavy (non-hydrogen) atoms. The molecule has 0 aliphatic heterocycles.